The lowest BCUT2D eigenvalue weighted by atomic mass is 10.2. The van der Waals surface area contributed by atoms with Gasteiger partial charge in [0, 0.05) is 12.6 Å². The van der Waals surface area contributed by atoms with E-state index in [-0.39, 0.29) is 6.04 Å². The fourth-order valence-corrected chi connectivity index (χ4v) is 4.39. The molecule has 1 saturated heterocycles. The maximum atomic E-state index is 12.5. The van der Waals surface area contributed by atoms with Gasteiger partial charge in [0.25, 0.3) is 0 Å². The summed E-state index contributed by atoms with van der Waals surface area (Å²) in [4.78, 5) is 0.455. The normalized spacial score (nSPS) is 21.9. The fraction of sp³-hybridized carbons (Fsp3) is 0.538. The molecule has 1 unspecified atom stereocenters. The molecule has 0 spiro atoms. The van der Waals surface area contributed by atoms with E-state index in [2.05, 4.69) is 0 Å². The second-order valence-corrected chi connectivity index (χ2v) is 6.73. The molecule has 3 nitrogen and oxygen atoms in total. The molecule has 4 heteroatoms. The van der Waals surface area contributed by atoms with Crippen LogP contribution in [0.1, 0.15) is 30.9 Å². The smallest absolute Gasteiger partial charge is 0.207 e. The molecule has 94 valence electrons. The molecule has 0 amide bonds. The van der Waals surface area contributed by atoms with Gasteiger partial charge in [-0.1, -0.05) is 17.7 Å². The van der Waals surface area contributed by atoms with E-state index in [4.69, 9.17) is 0 Å². The highest BCUT2D eigenvalue weighted by Gasteiger charge is 2.33. The first-order chi connectivity index (χ1) is 7.93. The fourth-order valence-electron chi connectivity index (χ4n) is 2.48. The Hall–Kier alpha value is -0.870. The monoisotopic (exact) mass is 253 g/mol. The lowest BCUT2D eigenvalue weighted by Crippen LogP contribution is -2.34. The summed E-state index contributed by atoms with van der Waals surface area (Å²) in [5.41, 5.74) is 1.93. The lowest BCUT2D eigenvalue weighted by Gasteiger charge is -2.22. The summed E-state index contributed by atoms with van der Waals surface area (Å²) in [7, 11) is -3.30. The molecule has 1 heterocycles. The molecule has 1 aromatic carbocycles. The zero-order chi connectivity index (χ0) is 12.6. The van der Waals surface area contributed by atoms with E-state index in [0.29, 0.717) is 11.4 Å². The Morgan fingerprint density at radius 2 is 2.00 bits per heavy atom. The summed E-state index contributed by atoms with van der Waals surface area (Å²) in [6.45, 7) is 6.47. The number of aryl methyl sites for hydroxylation is 2. The van der Waals surface area contributed by atoms with Gasteiger partial charge in [0.15, 0.2) is 0 Å². The number of rotatable bonds is 2. The van der Waals surface area contributed by atoms with Gasteiger partial charge >= 0.3 is 0 Å². The van der Waals surface area contributed by atoms with Gasteiger partial charge < -0.3 is 0 Å². The molecule has 1 atom stereocenters. The molecular formula is C13H19NO2S. The number of hydrogen-bond acceptors (Lipinski definition) is 2. The van der Waals surface area contributed by atoms with Crippen molar-refractivity contribution in [1.82, 2.24) is 4.31 Å². The van der Waals surface area contributed by atoms with Crippen molar-refractivity contribution in [2.24, 2.45) is 0 Å². The quantitative estimate of drug-likeness (QED) is 0.812. The Labute approximate surface area is 104 Å². The maximum absolute atomic E-state index is 12.5. The summed E-state index contributed by atoms with van der Waals surface area (Å²) < 4.78 is 26.6. The Morgan fingerprint density at radius 3 is 2.53 bits per heavy atom. The van der Waals surface area contributed by atoms with Gasteiger partial charge in [-0.3, -0.25) is 0 Å². The highest BCUT2D eigenvalue weighted by molar-refractivity contribution is 7.89. The van der Waals surface area contributed by atoms with Crippen LogP contribution in [-0.2, 0) is 10.0 Å². The summed E-state index contributed by atoms with van der Waals surface area (Å²) >= 11 is 0. The van der Waals surface area contributed by atoms with Crippen LogP contribution < -0.4 is 0 Å². The van der Waals surface area contributed by atoms with Gasteiger partial charge in [0.1, 0.15) is 0 Å². The van der Waals surface area contributed by atoms with Crippen LogP contribution >= 0.6 is 0 Å². The number of nitrogens with zero attached hydrogens (tertiary/aromatic N) is 1. The first-order valence-corrected chi connectivity index (χ1v) is 7.46. The summed E-state index contributed by atoms with van der Waals surface area (Å²) in [6, 6.07) is 5.64. The minimum absolute atomic E-state index is 0.126. The Morgan fingerprint density at radius 1 is 1.29 bits per heavy atom. The molecule has 0 aromatic heterocycles. The van der Waals surface area contributed by atoms with Crippen molar-refractivity contribution in [3.8, 4) is 0 Å². The molecule has 0 aliphatic carbocycles. The van der Waals surface area contributed by atoms with Crippen LogP contribution in [0.2, 0.25) is 0 Å². The van der Waals surface area contributed by atoms with Crippen LogP contribution in [-0.4, -0.2) is 25.3 Å². The van der Waals surface area contributed by atoms with E-state index >= 15 is 0 Å². The van der Waals surface area contributed by atoms with Gasteiger partial charge in [-0.2, -0.15) is 4.31 Å². The number of benzene rings is 1. The Bertz CT molecular complexity index is 522. The van der Waals surface area contributed by atoms with Crippen molar-refractivity contribution in [2.75, 3.05) is 6.54 Å². The highest BCUT2D eigenvalue weighted by Crippen LogP contribution is 2.27. The average Bonchev–Trinajstić information content (AvgIpc) is 2.64. The molecule has 17 heavy (non-hydrogen) atoms. The predicted molar refractivity (Wildman–Crippen MR) is 68.5 cm³/mol. The molecule has 0 radical (unpaired) electrons. The lowest BCUT2D eigenvalue weighted by molar-refractivity contribution is 0.408. The first-order valence-electron chi connectivity index (χ1n) is 6.02. The van der Waals surface area contributed by atoms with Gasteiger partial charge in [0.2, 0.25) is 10.0 Å². The van der Waals surface area contributed by atoms with Crippen molar-refractivity contribution in [3.05, 3.63) is 29.3 Å². The molecule has 1 aromatic rings. The summed E-state index contributed by atoms with van der Waals surface area (Å²) in [6.07, 6.45) is 1.93. The SMILES string of the molecule is Cc1ccc(S(=O)(=O)N2CCCC2C)c(C)c1. The van der Waals surface area contributed by atoms with E-state index in [1.807, 2.05) is 32.9 Å². The van der Waals surface area contributed by atoms with Gasteiger partial charge in [-0.05, 0) is 45.2 Å². The minimum Gasteiger partial charge on any atom is -0.207 e. The third-order valence-corrected chi connectivity index (χ3v) is 5.58. The highest BCUT2D eigenvalue weighted by atomic mass is 32.2. The Kier molecular flexibility index (Phi) is 3.27. The van der Waals surface area contributed by atoms with Gasteiger partial charge in [-0.15, -0.1) is 0 Å². The van der Waals surface area contributed by atoms with Crippen LogP contribution in [0.25, 0.3) is 0 Å². The van der Waals surface area contributed by atoms with E-state index in [1.54, 1.807) is 10.4 Å². The topological polar surface area (TPSA) is 37.4 Å². The van der Waals surface area contributed by atoms with Gasteiger partial charge in [0.05, 0.1) is 4.90 Å². The van der Waals surface area contributed by atoms with Crippen LogP contribution in [0.5, 0.6) is 0 Å². The van der Waals surface area contributed by atoms with Crippen molar-refractivity contribution < 1.29 is 8.42 Å². The van der Waals surface area contributed by atoms with Crippen LogP contribution in [0, 0.1) is 13.8 Å². The van der Waals surface area contributed by atoms with Crippen molar-refractivity contribution in [3.63, 3.8) is 0 Å². The van der Waals surface area contributed by atoms with E-state index < -0.39 is 10.0 Å². The van der Waals surface area contributed by atoms with Crippen molar-refractivity contribution >= 4 is 10.0 Å². The molecule has 1 fully saturated rings. The number of sulfonamides is 1. The average molecular weight is 253 g/mol. The van der Waals surface area contributed by atoms with Gasteiger partial charge in [-0.25, -0.2) is 8.42 Å². The standard InChI is InChI=1S/C13H19NO2S/c1-10-6-7-13(11(2)9-10)17(15,16)14-8-4-5-12(14)3/h6-7,9,12H,4-5,8H2,1-3H3. The summed E-state index contributed by atoms with van der Waals surface area (Å²) in [5, 5.41) is 0. The molecule has 0 bridgehead atoms. The Balaban J connectivity index is 2.44. The molecule has 1 aliphatic heterocycles. The number of hydrogen-bond donors (Lipinski definition) is 0. The van der Waals surface area contributed by atoms with E-state index in [9.17, 15) is 8.42 Å². The molecule has 0 saturated carbocycles. The molecule has 2 rings (SSSR count). The molecule has 0 N–H and O–H groups in total. The zero-order valence-electron chi connectivity index (χ0n) is 10.6. The van der Waals surface area contributed by atoms with Crippen LogP contribution in [0.3, 0.4) is 0 Å². The first kappa shape index (κ1) is 12.6. The minimum atomic E-state index is -3.30. The van der Waals surface area contributed by atoms with E-state index in [0.717, 1.165) is 24.0 Å². The maximum Gasteiger partial charge on any atom is 0.243 e. The second-order valence-electron chi connectivity index (χ2n) is 4.88. The van der Waals surface area contributed by atoms with Crippen molar-refractivity contribution in [2.45, 2.75) is 44.6 Å². The predicted octanol–water partition coefficient (Wildman–Crippen LogP) is 2.48. The molecule has 1 aliphatic rings. The van der Waals surface area contributed by atoms with Crippen LogP contribution in [0.15, 0.2) is 23.1 Å². The molecular weight excluding hydrogens is 234 g/mol. The van der Waals surface area contributed by atoms with E-state index in [1.165, 1.54) is 0 Å². The largest absolute Gasteiger partial charge is 0.243 e. The zero-order valence-corrected chi connectivity index (χ0v) is 11.4. The van der Waals surface area contributed by atoms with Crippen molar-refractivity contribution in [1.29, 1.82) is 0 Å². The third-order valence-electron chi connectivity index (χ3n) is 3.41. The second kappa shape index (κ2) is 4.42. The third kappa shape index (κ3) is 2.24. The summed E-state index contributed by atoms with van der Waals surface area (Å²) in [5.74, 6) is 0. The van der Waals surface area contributed by atoms with Crippen LogP contribution in [0.4, 0.5) is 0 Å².